The fourth-order valence-electron chi connectivity index (χ4n) is 1.86. The third-order valence-corrected chi connectivity index (χ3v) is 3.32. The van der Waals surface area contributed by atoms with E-state index in [1.165, 1.54) is 0 Å². The van der Waals surface area contributed by atoms with Crippen molar-refractivity contribution in [3.63, 3.8) is 0 Å². The molecule has 1 N–H and O–H groups in total. The summed E-state index contributed by atoms with van der Waals surface area (Å²) in [6.07, 6.45) is 0. The first-order valence-electron chi connectivity index (χ1n) is 6.79. The Bertz CT molecular complexity index is 620. The molecule has 1 aromatic carbocycles. The van der Waals surface area contributed by atoms with E-state index in [-0.39, 0.29) is 0 Å². The molecular weight excluding hydrogens is 309 g/mol. The van der Waals surface area contributed by atoms with Crippen molar-refractivity contribution in [3.8, 4) is 11.3 Å². The maximum absolute atomic E-state index is 6.25. The number of rotatable bonds is 6. The largest absolute Gasteiger partial charge is 0.374 e. The molecule has 0 saturated heterocycles. The van der Waals surface area contributed by atoms with Crippen LogP contribution >= 0.6 is 23.2 Å². The average molecular weight is 326 g/mol. The summed E-state index contributed by atoms with van der Waals surface area (Å²) in [4.78, 5) is 8.93. The van der Waals surface area contributed by atoms with E-state index in [2.05, 4.69) is 15.3 Å². The van der Waals surface area contributed by atoms with E-state index in [1.807, 2.05) is 26.0 Å². The van der Waals surface area contributed by atoms with E-state index in [0.29, 0.717) is 29.1 Å². The smallest absolute Gasteiger partial charge is 0.157 e. The molecule has 0 fully saturated rings. The van der Waals surface area contributed by atoms with Gasteiger partial charge in [0, 0.05) is 29.8 Å². The number of nitrogens with zero attached hydrogens (tertiary/aromatic N) is 2. The van der Waals surface area contributed by atoms with Crippen molar-refractivity contribution >= 4 is 29.0 Å². The first kappa shape index (κ1) is 16.0. The molecule has 0 aliphatic heterocycles. The van der Waals surface area contributed by atoms with Crippen LogP contribution in [0.3, 0.4) is 0 Å². The van der Waals surface area contributed by atoms with Gasteiger partial charge in [0.2, 0.25) is 0 Å². The van der Waals surface area contributed by atoms with Gasteiger partial charge in [-0.05, 0) is 32.0 Å². The minimum atomic E-state index is 0.369. The van der Waals surface area contributed by atoms with Crippen molar-refractivity contribution < 1.29 is 4.74 Å². The van der Waals surface area contributed by atoms with Crippen molar-refractivity contribution in [1.82, 2.24) is 9.97 Å². The van der Waals surface area contributed by atoms with Gasteiger partial charge in [-0.3, -0.25) is 0 Å². The molecule has 0 bridgehead atoms. The quantitative estimate of drug-likeness (QED) is 0.854. The van der Waals surface area contributed by atoms with Gasteiger partial charge in [-0.15, -0.1) is 0 Å². The topological polar surface area (TPSA) is 47.0 Å². The van der Waals surface area contributed by atoms with Gasteiger partial charge in [0.15, 0.2) is 5.82 Å². The summed E-state index contributed by atoms with van der Waals surface area (Å²) < 4.78 is 5.39. The van der Waals surface area contributed by atoms with E-state index in [1.54, 1.807) is 12.1 Å². The fourth-order valence-corrected chi connectivity index (χ4v) is 2.37. The highest BCUT2D eigenvalue weighted by atomic mass is 35.5. The molecule has 1 heterocycles. The van der Waals surface area contributed by atoms with Crippen LogP contribution in [0, 0.1) is 0 Å². The maximum Gasteiger partial charge on any atom is 0.157 e. The number of hydrogen-bond donors (Lipinski definition) is 1. The minimum Gasteiger partial charge on any atom is -0.374 e. The van der Waals surface area contributed by atoms with Crippen molar-refractivity contribution in [2.75, 3.05) is 18.5 Å². The van der Waals surface area contributed by atoms with E-state index >= 15 is 0 Å². The van der Waals surface area contributed by atoms with Gasteiger partial charge >= 0.3 is 0 Å². The third-order valence-electron chi connectivity index (χ3n) is 2.77. The highest BCUT2D eigenvalue weighted by molar-refractivity contribution is 6.36. The minimum absolute atomic E-state index is 0.369. The van der Waals surface area contributed by atoms with Crippen LogP contribution in [0.1, 0.15) is 19.7 Å². The predicted octanol–water partition coefficient (Wildman–Crippen LogP) is 4.42. The Morgan fingerprint density at radius 2 is 1.95 bits per heavy atom. The summed E-state index contributed by atoms with van der Waals surface area (Å²) in [6, 6.07) is 7.22. The number of anilines is 1. The van der Waals surface area contributed by atoms with Gasteiger partial charge in [-0.1, -0.05) is 23.2 Å². The zero-order valence-electron chi connectivity index (χ0n) is 12.0. The number of halogens is 2. The molecule has 112 valence electrons. The molecule has 0 atom stereocenters. The van der Waals surface area contributed by atoms with Crippen LogP contribution in [0.4, 0.5) is 5.82 Å². The van der Waals surface area contributed by atoms with E-state index < -0.39 is 0 Å². The van der Waals surface area contributed by atoms with Crippen molar-refractivity contribution in [3.05, 3.63) is 40.1 Å². The second-order valence-electron chi connectivity index (χ2n) is 4.35. The molecule has 4 nitrogen and oxygen atoms in total. The zero-order valence-corrected chi connectivity index (χ0v) is 13.5. The van der Waals surface area contributed by atoms with E-state index in [4.69, 9.17) is 27.9 Å². The monoisotopic (exact) mass is 325 g/mol. The predicted molar refractivity (Wildman–Crippen MR) is 87.0 cm³/mol. The molecule has 2 aromatic rings. The number of benzene rings is 1. The number of hydrogen-bond acceptors (Lipinski definition) is 4. The zero-order chi connectivity index (χ0) is 15.2. The summed E-state index contributed by atoms with van der Waals surface area (Å²) in [5, 5.41) is 4.35. The van der Waals surface area contributed by atoms with Crippen LogP contribution in [-0.4, -0.2) is 23.1 Å². The maximum atomic E-state index is 6.25. The summed E-state index contributed by atoms with van der Waals surface area (Å²) in [5.41, 5.74) is 1.57. The molecule has 0 aliphatic carbocycles. The van der Waals surface area contributed by atoms with Crippen LogP contribution < -0.4 is 5.32 Å². The molecule has 6 heteroatoms. The Labute approximate surface area is 134 Å². The standard InChI is InChI=1S/C15H17Cl2N3O/c1-3-18-14-8-13(19-15(20-14)9-21-4-2)11-6-5-10(16)7-12(11)17/h5-8H,3-4,9H2,1-2H3,(H,18,19,20). The van der Waals surface area contributed by atoms with Crippen LogP contribution in [-0.2, 0) is 11.3 Å². The second kappa shape index (κ2) is 7.59. The first-order chi connectivity index (χ1) is 10.1. The van der Waals surface area contributed by atoms with Crippen LogP contribution in [0.5, 0.6) is 0 Å². The lowest BCUT2D eigenvalue weighted by atomic mass is 10.1. The van der Waals surface area contributed by atoms with Gasteiger partial charge in [-0.25, -0.2) is 9.97 Å². The van der Waals surface area contributed by atoms with Gasteiger partial charge < -0.3 is 10.1 Å². The Hall–Kier alpha value is -1.36. The van der Waals surface area contributed by atoms with E-state index in [0.717, 1.165) is 23.6 Å². The molecule has 0 amide bonds. The highest BCUT2D eigenvalue weighted by Gasteiger charge is 2.10. The number of nitrogens with one attached hydrogen (secondary N) is 1. The lowest BCUT2D eigenvalue weighted by Crippen LogP contribution is -2.06. The number of aromatic nitrogens is 2. The Morgan fingerprint density at radius 3 is 2.62 bits per heavy atom. The van der Waals surface area contributed by atoms with Gasteiger partial charge in [0.25, 0.3) is 0 Å². The third kappa shape index (κ3) is 4.30. The molecule has 0 radical (unpaired) electrons. The Balaban J connectivity index is 2.43. The van der Waals surface area contributed by atoms with E-state index in [9.17, 15) is 0 Å². The van der Waals surface area contributed by atoms with Crippen LogP contribution in [0.15, 0.2) is 24.3 Å². The molecule has 0 aliphatic rings. The van der Waals surface area contributed by atoms with Gasteiger partial charge in [0.05, 0.1) is 10.7 Å². The molecule has 0 saturated carbocycles. The van der Waals surface area contributed by atoms with Crippen molar-refractivity contribution in [2.24, 2.45) is 0 Å². The first-order valence-corrected chi connectivity index (χ1v) is 7.54. The average Bonchev–Trinajstić information content (AvgIpc) is 2.45. The lowest BCUT2D eigenvalue weighted by molar-refractivity contribution is 0.128. The lowest BCUT2D eigenvalue weighted by Gasteiger charge is -2.10. The Kier molecular flexibility index (Phi) is 5.79. The number of ether oxygens (including phenoxy) is 1. The van der Waals surface area contributed by atoms with Gasteiger partial charge in [-0.2, -0.15) is 0 Å². The summed E-state index contributed by atoms with van der Waals surface area (Å²) in [7, 11) is 0. The molecule has 1 aromatic heterocycles. The fraction of sp³-hybridized carbons (Fsp3) is 0.333. The molecule has 2 rings (SSSR count). The summed E-state index contributed by atoms with van der Waals surface area (Å²) >= 11 is 12.2. The molecular formula is C15H17Cl2N3O. The summed E-state index contributed by atoms with van der Waals surface area (Å²) in [5.74, 6) is 1.37. The van der Waals surface area contributed by atoms with Gasteiger partial charge in [0.1, 0.15) is 12.4 Å². The highest BCUT2D eigenvalue weighted by Crippen LogP contribution is 2.30. The SMILES string of the molecule is CCNc1cc(-c2ccc(Cl)cc2Cl)nc(COCC)n1. The van der Waals surface area contributed by atoms with Crippen LogP contribution in [0.25, 0.3) is 11.3 Å². The Morgan fingerprint density at radius 1 is 1.14 bits per heavy atom. The van der Waals surface area contributed by atoms with Crippen molar-refractivity contribution in [2.45, 2.75) is 20.5 Å². The van der Waals surface area contributed by atoms with Crippen molar-refractivity contribution in [1.29, 1.82) is 0 Å². The molecule has 21 heavy (non-hydrogen) atoms. The molecule has 0 spiro atoms. The van der Waals surface area contributed by atoms with Crippen LogP contribution in [0.2, 0.25) is 10.0 Å². The second-order valence-corrected chi connectivity index (χ2v) is 5.19. The normalized spacial score (nSPS) is 10.7. The molecule has 0 unspecified atom stereocenters. The summed E-state index contributed by atoms with van der Waals surface area (Å²) in [6.45, 7) is 5.71.